The Hall–Kier alpha value is -2.21. The molecule has 34 heavy (non-hydrogen) atoms. The zero-order valence-corrected chi connectivity index (χ0v) is 20.5. The van der Waals surface area contributed by atoms with Gasteiger partial charge in [-0.25, -0.2) is 0 Å². The van der Waals surface area contributed by atoms with E-state index in [1.54, 1.807) is 0 Å². The maximum atomic E-state index is 13.4. The first kappa shape index (κ1) is 24.9. The highest BCUT2D eigenvalue weighted by Crippen LogP contribution is 2.45. The van der Waals surface area contributed by atoms with Crippen LogP contribution in [0.3, 0.4) is 0 Å². The van der Waals surface area contributed by atoms with E-state index in [-0.39, 0.29) is 36.0 Å². The molecule has 2 aliphatic heterocycles. The smallest absolute Gasteiger partial charge is 0.227 e. The minimum absolute atomic E-state index is 0.104. The summed E-state index contributed by atoms with van der Waals surface area (Å²) in [6.45, 7) is 6.24. The molecule has 3 N–H and O–H groups in total. The van der Waals surface area contributed by atoms with Crippen molar-refractivity contribution in [1.82, 2.24) is 5.32 Å². The van der Waals surface area contributed by atoms with E-state index in [4.69, 9.17) is 4.74 Å². The highest BCUT2D eigenvalue weighted by atomic mass is 16.6. The fourth-order valence-electron chi connectivity index (χ4n) is 5.71. The molecule has 0 spiro atoms. The fourth-order valence-corrected chi connectivity index (χ4v) is 5.71. The Labute approximate surface area is 203 Å². The molecule has 2 aliphatic carbocycles. The number of allylic oxidation sites excluding steroid dienone is 7. The number of ether oxygens (including phenoxy) is 1. The van der Waals surface area contributed by atoms with Crippen LogP contribution in [0.2, 0.25) is 0 Å². The first-order valence-corrected chi connectivity index (χ1v) is 12.8. The van der Waals surface area contributed by atoms with Crippen LogP contribution in [-0.2, 0) is 9.53 Å². The maximum Gasteiger partial charge on any atom is 0.227 e. The van der Waals surface area contributed by atoms with Gasteiger partial charge in [0.15, 0.2) is 0 Å². The lowest BCUT2D eigenvalue weighted by Crippen LogP contribution is -2.51. The molecule has 0 aromatic carbocycles. The SMILES string of the molecule is CCCC=CC=CCC1CC(O)C(O)C2C(C)=CC3C=CC4OC4C3C(C)=CC=CC2C(=O)N1. The van der Waals surface area contributed by atoms with E-state index in [0.717, 1.165) is 18.4 Å². The van der Waals surface area contributed by atoms with Gasteiger partial charge in [-0.05, 0) is 33.1 Å². The van der Waals surface area contributed by atoms with Gasteiger partial charge >= 0.3 is 0 Å². The summed E-state index contributed by atoms with van der Waals surface area (Å²) >= 11 is 0. The predicted octanol–water partition coefficient (Wildman–Crippen LogP) is 4.16. The number of fused-ring (bicyclic) bond motifs is 4. The topological polar surface area (TPSA) is 82.1 Å². The summed E-state index contributed by atoms with van der Waals surface area (Å²) in [6.07, 6.45) is 22.0. The zero-order valence-electron chi connectivity index (χ0n) is 20.5. The summed E-state index contributed by atoms with van der Waals surface area (Å²) in [7, 11) is 0. The van der Waals surface area contributed by atoms with Gasteiger partial charge < -0.3 is 20.3 Å². The molecule has 1 amide bonds. The predicted molar refractivity (Wildman–Crippen MR) is 135 cm³/mol. The molecule has 5 heteroatoms. The Balaban J connectivity index is 1.58. The summed E-state index contributed by atoms with van der Waals surface area (Å²) < 4.78 is 5.85. The normalized spacial score (nSPS) is 39.9. The van der Waals surface area contributed by atoms with Crippen LogP contribution in [0.1, 0.15) is 46.5 Å². The number of carbonyl (C=O) groups excluding carboxylic acids is 1. The van der Waals surface area contributed by atoms with Crippen LogP contribution in [0.4, 0.5) is 0 Å². The molecule has 9 atom stereocenters. The largest absolute Gasteiger partial charge is 0.390 e. The number of unbranched alkanes of at least 4 members (excludes halogenated alkanes) is 1. The first-order valence-electron chi connectivity index (χ1n) is 12.8. The van der Waals surface area contributed by atoms with E-state index in [9.17, 15) is 15.0 Å². The number of carbonyl (C=O) groups is 1. The molecule has 0 radical (unpaired) electrons. The summed E-state index contributed by atoms with van der Waals surface area (Å²) in [6, 6.07) is -0.228. The average molecular weight is 466 g/mol. The summed E-state index contributed by atoms with van der Waals surface area (Å²) in [5, 5.41) is 25.3. The van der Waals surface area contributed by atoms with E-state index in [0.29, 0.717) is 12.8 Å². The minimum Gasteiger partial charge on any atom is -0.390 e. The lowest BCUT2D eigenvalue weighted by atomic mass is 9.72. The zero-order chi connectivity index (χ0) is 24.2. The number of hydrogen-bond donors (Lipinski definition) is 3. The molecule has 2 fully saturated rings. The quantitative estimate of drug-likeness (QED) is 0.323. The van der Waals surface area contributed by atoms with Gasteiger partial charge in [-0.3, -0.25) is 4.79 Å². The number of aliphatic hydroxyl groups excluding tert-OH is 2. The summed E-state index contributed by atoms with van der Waals surface area (Å²) in [5.41, 5.74) is 2.16. The van der Waals surface area contributed by atoms with Gasteiger partial charge in [-0.2, -0.15) is 0 Å². The molecule has 2 heterocycles. The second-order valence-corrected chi connectivity index (χ2v) is 10.2. The van der Waals surface area contributed by atoms with Crippen molar-refractivity contribution in [3.8, 4) is 0 Å². The molecule has 9 unspecified atom stereocenters. The summed E-state index contributed by atoms with van der Waals surface area (Å²) in [5.74, 6) is -0.761. The molecule has 0 aromatic heterocycles. The van der Waals surface area contributed by atoms with E-state index >= 15 is 0 Å². The van der Waals surface area contributed by atoms with Crippen molar-refractivity contribution < 1.29 is 19.7 Å². The molecule has 0 aromatic rings. The molecule has 5 nitrogen and oxygen atoms in total. The lowest BCUT2D eigenvalue weighted by Gasteiger charge is -2.38. The monoisotopic (exact) mass is 465 g/mol. The van der Waals surface area contributed by atoms with Crippen molar-refractivity contribution in [3.05, 3.63) is 71.9 Å². The van der Waals surface area contributed by atoms with Crippen LogP contribution in [-0.4, -0.2) is 46.6 Å². The van der Waals surface area contributed by atoms with Crippen LogP contribution < -0.4 is 5.32 Å². The standard InChI is InChI=1S/C29H39NO4/c1-4-5-6-7-8-9-12-21-17-23(31)27(32)26-19(3)16-20-14-15-24-28(34-24)25(20)18(2)11-10-13-22(26)29(33)30-21/h6-11,13-16,20-28,31-32H,4-5,12,17H2,1-3H3,(H,30,33). The van der Waals surface area contributed by atoms with Crippen molar-refractivity contribution in [2.45, 2.75) is 76.9 Å². The van der Waals surface area contributed by atoms with Crippen molar-refractivity contribution in [2.75, 3.05) is 0 Å². The molecule has 0 bridgehead atoms. The third-order valence-corrected chi connectivity index (χ3v) is 7.62. The second-order valence-electron chi connectivity index (χ2n) is 10.2. The van der Waals surface area contributed by atoms with Gasteiger partial charge in [0.1, 0.15) is 6.10 Å². The van der Waals surface area contributed by atoms with Gasteiger partial charge in [0.05, 0.1) is 24.2 Å². The highest BCUT2D eigenvalue weighted by molar-refractivity contribution is 5.82. The molecule has 4 aliphatic rings. The van der Waals surface area contributed by atoms with Crippen LogP contribution >= 0.6 is 0 Å². The Morgan fingerprint density at radius 2 is 1.88 bits per heavy atom. The molecule has 2 saturated heterocycles. The number of epoxide rings is 1. The number of nitrogens with one attached hydrogen (secondary N) is 1. The van der Waals surface area contributed by atoms with E-state index in [2.05, 4.69) is 49.5 Å². The molecule has 184 valence electrons. The highest BCUT2D eigenvalue weighted by Gasteiger charge is 2.49. The number of amides is 1. The van der Waals surface area contributed by atoms with Crippen LogP contribution in [0.5, 0.6) is 0 Å². The van der Waals surface area contributed by atoms with Gasteiger partial charge in [0.25, 0.3) is 0 Å². The molecule has 4 rings (SSSR count). The Morgan fingerprint density at radius 3 is 2.68 bits per heavy atom. The van der Waals surface area contributed by atoms with Gasteiger partial charge in [-0.1, -0.05) is 85.3 Å². The second kappa shape index (κ2) is 11.0. The van der Waals surface area contributed by atoms with Crippen LogP contribution in [0, 0.1) is 23.7 Å². The van der Waals surface area contributed by atoms with Crippen LogP contribution in [0.15, 0.2) is 71.9 Å². The first-order chi connectivity index (χ1) is 16.4. The molecular weight excluding hydrogens is 426 g/mol. The van der Waals surface area contributed by atoms with E-state index in [1.807, 2.05) is 37.3 Å². The lowest BCUT2D eigenvalue weighted by molar-refractivity contribution is -0.130. The number of aliphatic hydroxyl groups is 2. The van der Waals surface area contributed by atoms with Crippen molar-refractivity contribution in [3.63, 3.8) is 0 Å². The number of rotatable bonds is 5. The Kier molecular flexibility index (Phi) is 8.07. The third kappa shape index (κ3) is 5.54. The number of hydrogen-bond acceptors (Lipinski definition) is 4. The van der Waals surface area contributed by atoms with E-state index < -0.39 is 24.0 Å². The van der Waals surface area contributed by atoms with Crippen molar-refractivity contribution >= 4 is 5.91 Å². The van der Waals surface area contributed by atoms with Crippen LogP contribution in [0.25, 0.3) is 0 Å². The van der Waals surface area contributed by atoms with Gasteiger partial charge in [-0.15, -0.1) is 0 Å². The fraction of sp³-hybridized carbons (Fsp3) is 0.552. The Bertz CT molecular complexity index is 926. The van der Waals surface area contributed by atoms with E-state index in [1.165, 1.54) is 5.57 Å². The van der Waals surface area contributed by atoms with Gasteiger partial charge in [0, 0.05) is 23.8 Å². The Morgan fingerprint density at radius 1 is 1.09 bits per heavy atom. The van der Waals surface area contributed by atoms with Crippen molar-refractivity contribution in [1.29, 1.82) is 0 Å². The molecular formula is C29H39NO4. The van der Waals surface area contributed by atoms with Crippen molar-refractivity contribution in [2.24, 2.45) is 23.7 Å². The average Bonchev–Trinajstić information content (AvgIpc) is 3.58. The summed E-state index contributed by atoms with van der Waals surface area (Å²) in [4.78, 5) is 13.4. The third-order valence-electron chi connectivity index (χ3n) is 7.62. The molecule has 0 saturated carbocycles. The minimum atomic E-state index is -1.02. The van der Waals surface area contributed by atoms with Gasteiger partial charge in [0.2, 0.25) is 5.91 Å². The maximum absolute atomic E-state index is 13.4.